The third-order valence-corrected chi connectivity index (χ3v) is 3.06. The van der Waals surface area contributed by atoms with Crippen LogP contribution in [0.3, 0.4) is 0 Å². The summed E-state index contributed by atoms with van der Waals surface area (Å²) in [4.78, 5) is 22.5. The number of carboxylic acid groups (broad SMARTS) is 1. The lowest BCUT2D eigenvalue weighted by Gasteiger charge is -2.18. The number of rotatable bonds is 6. The van der Waals surface area contributed by atoms with Crippen LogP contribution in [0.5, 0.6) is 0 Å². The standard InChI is InChI=1S/C12H21NO4/c1-3-5-8(4-2)13-11(14)9-6-7-10(17-9)12(15)16/h8-10H,3-7H2,1-2H3,(H,13,14)(H,15,16)/t8?,9-,10+/m0/s1. The van der Waals surface area contributed by atoms with Crippen molar-refractivity contribution in [2.24, 2.45) is 0 Å². The first-order valence-corrected chi connectivity index (χ1v) is 6.27. The lowest BCUT2D eigenvalue weighted by Crippen LogP contribution is -2.41. The van der Waals surface area contributed by atoms with Crippen molar-refractivity contribution in [3.8, 4) is 0 Å². The minimum absolute atomic E-state index is 0.167. The number of ether oxygens (including phenoxy) is 1. The molecule has 17 heavy (non-hydrogen) atoms. The second kappa shape index (κ2) is 6.59. The molecule has 1 aliphatic heterocycles. The summed E-state index contributed by atoms with van der Waals surface area (Å²) in [7, 11) is 0. The van der Waals surface area contributed by atoms with Gasteiger partial charge in [0, 0.05) is 6.04 Å². The predicted octanol–water partition coefficient (Wildman–Crippen LogP) is 1.31. The molecule has 0 radical (unpaired) electrons. The predicted molar refractivity (Wildman–Crippen MR) is 62.7 cm³/mol. The molecule has 5 nitrogen and oxygen atoms in total. The molecule has 1 fully saturated rings. The second-order valence-corrected chi connectivity index (χ2v) is 4.43. The molecule has 0 bridgehead atoms. The van der Waals surface area contributed by atoms with E-state index in [0.29, 0.717) is 12.8 Å². The average molecular weight is 243 g/mol. The van der Waals surface area contributed by atoms with Crippen molar-refractivity contribution in [2.45, 2.75) is 64.2 Å². The molecule has 1 heterocycles. The fourth-order valence-electron chi connectivity index (χ4n) is 2.03. The summed E-state index contributed by atoms with van der Waals surface area (Å²) >= 11 is 0. The van der Waals surface area contributed by atoms with Crippen molar-refractivity contribution in [1.82, 2.24) is 5.32 Å². The first-order valence-electron chi connectivity index (χ1n) is 6.27. The number of carboxylic acids is 1. The van der Waals surface area contributed by atoms with Gasteiger partial charge >= 0.3 is 5.97 Å². The van der Waals surface area contributed by atoms with E-state index in [-0.39, 0.29) is 11.9 Å². The Balaban J connectivity index is 2.41. The van der Waals surface area contributed by atoms with Gasteiger partial charge < -0.3 is 15.2 Å². The van der Waals surface area contributed by atoms with Gasteiger partial charge in [0.15, 0.2) is 6.10 Å². The van der Waals surface area contributed by atoms with E-state index in [0.717, 1.165) is 19.3 Å². The molecule has 1 rings (SSSR count). The zero-order valence-corrected chi connectivity index (χ0v) is 10.4. The topological polar surface area (TPSA) is 75.6 Å². The molecular formula is C12H21NO4. The molecule has 0 aromatic carbocycles. The summed E-state index contributed by atoms with van der Waals surface area (Å²) < 4.78 is 5.20. The molecule has 1 saturated heterocycles. The summed E-state index contributed by atoms with van der Waals surface area (Å²) in [5, 5.41) is 11.7. The van der Waals surface area contributed by atoms with Gasteiger partial charge in [0.1, 0.15) is 6.10 Å². The molecule has 5 heteroatoms. The molecule has 0 aliphatic carbocycles. The van der Waals surface area contributed by atoms with Crippen LogP contribution in [0.4, 0.5) is 0 Å². The van der Waals surface area contributed by atoms with Crippen LogP contribution in [0.2, 0.25) is 0 Å². The molecule has 1 amide bonds. The van der Waals surface area contributed by atoms with Crippen molar-refractivity contribution < 1.29 is 19.4 Å². The monoisotopic (exact) mass is 243 g/mol. The van der Waals surface area contributed by atoms with Crippen LogP contribution in [-0.4, -0.2) is 35.2 Å². The molecule has 0 aromatic rings. The van der Waals surface area contributed by atoms with Crippen LogP contribution in [0.25, 0.3) is 0 Å². The smallest absolute Gasteiger partial charge is 0.332 e. The van der Waals surface area contributed by atoms with Crippen molar-refractivity contribution in [3.63, 3.8) is 0 Å². The highest BCUT2D eigenvalue weighted by Gasteiger charge is 2.35. The minimum Gasteiger partial charge on any atom is -0.479 e. The summed E-state index contributed by atoms with van der Waals surface area (Å²) in [5.74, 6) is -1.16. The zero-order valence-electron chi connectivity index (χ0n) is 10.4. The molecule has 1 aliphatic rings. The van der Waals surface area contributed by atoms with E-state index in [1.165, 1.54) is 0 Å². The Morgan fingerprint density at radius 3 is 2.47 bits per heavy atom. The summed E-state index contributed by atoms with van der Waals surface area (Å²) in [6, 6.07) is 0.167. The Labute approximate surface area is 102 Å². The molecule has 2 N–H and O–H groups in total. The fourth-order valence-corrected chi connectivity index (χ4v) is 2.03. The Morgan fingerprint density at radius 2 is 2.00 bits per heavy atom. The van der Waals surface area contributed by atoms with Crippen molar-refractivity contribution in [1.29, 1.82) is 0 Å². The van der Waals surface area contributed by atoms with Gasteiger partial charge in [-0.3, -0.25) is 4.79 Å². The van der Waals surface area contributed by atoms with Gasteiger partial charge in [0.2, 0.25) is 5.91 Å². The zero-order chi connectivity index (χ0) is 12.8. The van der Waals surface area contributed by atoms with Gasteiger partial charge in [-0.05, 0) is 25.7 Å². The van der Waals surface area contributed by atoms with E-state index in [9.17, 15) is 9.59 Å². The van der Waals surface area contributed by atoms with Crippen LogP contribution in [0.1, 0.15) is 46.0 Å². The fraction of sp³-hybridized carbons (Fsp3) is 0.833. The first kappa shape index (κ1) is 14.0. The van der Waals surface area contributed by atoms with E-state index in [1.807, 2.05) is 6.92 Å². The Morgan fingerprint density at radius 1 is 1.35 bits per heavy atom. The highest BCUT2D eigenvalue weighted by atomic mass is 16.5. The first-order chi connectivity index (χ1) is 8.08. The Kier molecular flexibility index (Phi) is 5.41. The molecule has 0 spiro atoms. The third kappa shape index (κ3) is 4.00. The van der Waals surface area contributed by atoms with Crippen molar-refractivity contribution >= 4 is 11.9 Å². The van der Waals surface area contributed by atoms with Crippen molar-refractivity contribution in [3.05, 3.63) is 0 Å². The molecule has 98 valence electrons. The summed E-state index contributed by atoms with van der Waals surface area (Å²) in [5.41, 5.74) is 0. The van der Waals surface area contributed by atoms with E-state index in [4.69, 9.17) is 9.84 Å². The quantitative estimate of drug-likeness (QED) is 0.737. The molecular weight excluding hydrogens is 222 g/mol. The van der Waals surface area contributed by atoms with Gasteiger partial charge in [0.05, 0.1) is 0 Å². The normalized spacial score (nSPS) is 25.5. The maximum atomic E-state index is 11.8. The number of carbonyl (C=O) groups is 2. The third-order valence-electron chi connectivity index (χ3n) is 3.06. The van der Waals surface area contributed by atoms with Gasteiger partial charge in [-0.2, -0.15) is 0 Å². The minimum atomic E-state index is -0.985. The van der Waals surface area contributed by atoms with Crippen LogP contribution < -0.4 is 5.32 Å². The maximum Gasteiger partial charge on any atom is 0.332 e. The lowest BCUT2D eigenvalue weighted by molar-refractivity contribution is -0.151. The molecule has 3 atom stereocenters. The summed E-state index contributed by atoms with van der Waals surface area (Å²) in [6.45, 7) is 4.09. The van der Waals surface area contributed by atoms with Gasteiger partial charge in [-0.25, -0.2) is 4.79 Å². The summed E-state index contributed by atoms with van der Waals surface area (Å²) in [6.07, 6.45) is 2.33. The van der Waals surface area contributed by atoms with Gasteiger partial charge in [0.25, 0.3) is 0 Å². The lowest BCUT2D eigenvalue weighted by atomic mass is 10.1. The number of hydrogen-bond acceptors (Lipinski definition) is 3. The van der Waals surface area contributed by atoms with Crippen molar-refractivity contribution in [2.75, 3.05) is 0 Å². The number of aliphatic carboxylic acids is 1. The highest BCUT2D eigenvalue weighted by Crippen LogP contribution is 2.20. The molecule has 0 saturated carbocycles. The highest BCUT2D eigenvalue weighted by molar-refractivity contribution is 5.82. The number of nitrogens with one attached hydrogen (secondary N) is 1. The number of hydrogen-bond donors (Lipinski definition) is 2. The van der Waals surface area contributed by atoms with Crippen LogP contribution in [0.15, 0.2) is 0 Å². The number of amides is 1. The van der Waals surface area contributed by atoms with Crippen LogP contribution in [-0.2, 0) is 14.3 Å². The Bertz CT molecular complexity index is 280. The van der Waals surface area contributed by atoms with Gasteiger partial charge in [-0.1, -0.05) is 20.3 Å². The van der Waals surface area contributed by atoms with Crippen LogP contribution in [0, 0.1) is 0 Å². The molecule has 1 unspecified atom stereocenters. The van der Waals surface area contributed by atoms with E-state index >= 15 is 0 Å². The van der Waals surface area contributed by atoms with E-state index in [1.54, 1.807) is 0 Å². The van der Waals surface area contributed by atoms with Gasteiger partial charge in [-0.15, -0.1) is 0 Å². The largest absolute Gasteiger partial charge is 0.479 e. The van der Waals surface area contributed by atoms with E-state index < -0.39 is 18.2 Å². The second-order valence-electron chi connectivity index (χ2n) is 4.43. The molecule has 0 aromatic heterocycles. The van der Waals surface area contributed by atoms with E-state index in [2.05, 4.69) is 12.2 Å². The van der Waals surface area contributed by atoms with Crippen LogP contribution >= 0.6 is 0 Å². The SMILES string of the molecule is CCCC(CC)NC(=O)[C@@H]1CC[C@H](C(=O)O)O1. The maximum absolute atomic E-state index is 11.8. The Hall–Kier alpha value is -1.10. The number of carbonyl (C=O) groups excluding carboxylic acids is 1. The average Bonchev–Trinajstić information content (AvgIpc) is 2.77.